The number of carbonyl (C=O) groups excluding carboxylic acids is 2. The van der Waals surface area contributed by atoms with E-state index in [0.29, 0.717) is 13.2 Å². The molecule has 0 aliphatic rings. The van der Waals surface area contributed by atoms with Crippen LogP contribution in [0.15, 0.2) is 0 Å². The lowest BCUT2D eigenvalue weighted by molar-refractivity contribution is -0.150. The lowest BCUT2D eigenvalue weighted by Crippen LogP contribution is -2.23. The van der Waals surface area contributed by atoms with Crippen LogP contribution >= 0.6 is 0 Å². The minimum atomic E-state index is -0.0689. The highest BCUT2D eigenvalue weighted by Gasteiger charge is 2.20. The van der Waals surface area contributed by atoms with Gasteiger partial charge in [-0.3, -0.25) is 9.59 Å². The Morgan fingerprint density at radius 1 is 0.720 bits per heavy atom. The Bertz CT molecular complexity index is 333. The van der Waals surface area contributed by atoms with Crippen LogP contribution in [0.2, 0.25) is 0 Å². The quantitative estimate of drug-likeness (QED) is 0.392. The predicted molar refractivity (Wildman–Crippen MR) is 102 cm³/mol. The second-order valence-electron chi connectivity index (χ2n) is 7.49. The van der Waals surface area contributed by atoms with Gasteiger partial charge in [0.2, 0.25) is 0 Å². The van der Waals surface area contributed by atoms with Crippen molar-refractivity contribution in [3.8, 4) is 0 Å². The molecule has 4 heteroatoms. The summed E-state index contributed by atoms with van der Waals surface area (Å²) in [6.07, 6.45) is 6.35. The van der Waals surface area contributed by atoms with E-state index in [1.165, 1.54) is 0 Å². The molecule has 0 saturated carbocycles. The van der Waals surface area contributed by atoms with Crippen molar-refractivity contribution in [2.45, 2.75) is 86.5 Å². The van der Waals surface area contributed by atoms with E-state index in [-0.39, 0.29) is 35.6 Å². The second-order valence-corrected chi connectivity index (χ2v) is 7.49. The molecule has 0 aromatic heterocycles. The van der Waals surface area contributed by atoms with Crippen LogP contribution in [-0.4, -0.2) is 25.2 Å². The third-order valence-corrected chi connectivity index (χ3v) is 4.75. The molecular weight excluding hydrogens is 316 g/mol. The average molecular weight is 357 g/mol. The standard InChI is InChI=1S/C21H40O4/c1-7-11-18(9-3)20(22)24-14-16(5)13-17(6)15-25-21(23)19(10-4)12-8-2/h16-19H,7-15H2,1-6H3. The third-order valence-electron chi connectivity index (χ3n) is 4.75. The molecule has 0 aromatic rings. The fourth-order valence-corrected chi connectivity index (χ4v) is 3.18. The fourth-order valence-electron chi connectivity index (χ4n) is 3.18. The summed E-state index contributed by atoms with van der Waals surface area (Å²) >= 11 is 0. The van der Waals surface area contributed by atoms with Crippen LogP contribution in [-0.2, 0) is 19.1 Å². The number of ether oxygens (including phenoxy) is 2. The highest BCUT2D eigenvalue weighted by molar-refractivity contribution is 5.72. The van der Waals surface area contributed by atoms with Gasteiger partial charge in [0.05, 0.1) is 25.0 Å². The van der Waals surface area contributed by atoms with Gasteiger partial charge < -0.3 is 9.47 Å². The number of carbonyl (C=O) groups is 2. The summed E-state index contributed by atoms with van der Waals surface area (Å²) < 4.78 is 11.0. The van der Waals surface area contributed by atoms with Crippen molar-refractivity contribution in [1.82, 2.24) is 0 Å². The Morgan fingerprint density at radius 2 is 1.08 bits per heavy atom. The van der Waals surface area contributed by atoms with E-state index in [9.17, 15) is 9.59 Å². The maximum Gasteiger partial charge on any atom is 0.308 e. The topological polar surface area (TPSA) is 52.6 Å². The SMILES string of the molecule is CCCC(CC)C(=O)OCC(C)CC(C)COC(=O)C(CC)CCC. The van der Waals surface area contributed by atoms with Gasteiger partial charge in [0, 0.05) is 0 Å². The molecule has 0 bridgehead atoms. The molecule has 0 radical (unpaired) electrons. The number of hydrogen-bond acceptors (Lipinski definition) is 4. The van der Waals surface area contributed by atoms with Gasteiger partial charge in [0.25, 0.3) is 0 Å². The Hall–Kier alpha value is -1.06. The normalized spacial score (nSPS) is 15.9. The molecule has 4 nitrogen and oxygen atoms in total. The van der Waals surface area contributed by atoms with Crippen molar-refractivity contribution >= 4 is 11.9 Å². The Morgan fingerprint density at radius 3 is 1.36 bits per heavy atom. The first-order chi connectivity index (χ1) is 11.9. The Labute approximate surface area is 155 Å². The van der Waals surface area contributed by atoms with Crippen LogP contribution < -0.4 is 0 Å². The minimum Gasteiger partial charge on any atom is -0.465 e. The summed E-state index contributed by atoms with van der Waals surface area (Å²) in [5, 5.41) is 0. The molecule has 0 spiro atoms. The molecule has 0 aromatic carbocycles. The van der Waals surface area contributed by atoms with E-state index in [4.69, 9.17) is 9.47 Å². The van der Waals surface area contributed by atoms with E-state index < -0.39 is 0 Å². The molecule has 0 heterocycles. The zero-order valence-electron chi connectivity index (χ0n) is 17.3. The molecule has 4 atom stereocenters. The molecule has 148 valence electrons. The summed E-state index contributed by atoms with van der Waals surface area (Å²) in [7, 11) is 0. The molecule has 0 fully saturated rings. The summed E-state index contributed by atoms with van der Waals surface area (Å²) in [5.41, 5.74) is 0. The molecule has 0 saturated heterocycles. The molecule has 4 unspecified atom stereocenters. The first-order valence-corrected chi connectivity index (χ1v) is 10.2. The predicted octanol–water partition coefficient (Wildman–Crippen LogP) is 5.39. The molecule has 0 amide bonds. The van der Waals surface area contributed by atoms with Gasteiger partial charge in [-0.05, 0) is 43.9 Å². The van der Waals surface area contributed by atoms with Gasteiger partial charge in [-0.2, -0.15) is 0 Å². The third kappa shape index (κ3) is 10.5. The van der Waals surface area contributed by atoms with Crippen molar-refractivity contribution in [3.63, 3.8) is 0 Å². The van der Waals surface area contributed by atoms with Crippen molar-refractivity contribution in [2.24, 2.45) is 23.7 Å². The maximum atomic E-state index is 12.0. The summed E-state index contributed by atoms with van der Waals surface area (Å²) in [6.45, 7) is 13.3. The number of hydrogen-bond donors (Lipinski definition) is 0. The number of rotatable bonds is 14. The van der Waals surface area contributed by atoms with Crippen molar-refractivity contribution in [1.29, 1.82) is 0 Å². The Kier molecular flexibility index (Phi) is 13.5. The summed E-state index contributed by atoms with van der Waals surface area (Å²) in [6, 6.07) is 0. The smallest absolute Gasteiger partial charge is 0.308 e. The van der Waals surface area contributed by atoms with Crippen molar-refractivity contribution < 1.29 is 19.1 Å². The van der Waals surface area contributed by atoms with Crippen LogP contribution in [0.25, 0.3) is 0 Å². The lowest BCUT2D eigenvalue weighted by atomic mass is 9.98. The van der Waals surface area contributed by atoms with E-state index in [2.05, 4.69) is 27.7 Å². The number of esters is 2. The van der Waals surface area contributed by atoms with Crippen molar-refractivity contribution in [3.05, 3.63) is 0 Å². The molecular formula is C21H40O4. The molecule has 0 rings (SSSR count). The first-order valence-electron chi connectivity index (χ1n) is 10.2. The molecule has 0 aliphatic heterocycles. The van der Waals surface area contributed by atoms with Gasteiger partial charge in [0.15, 0.2) is 0 Å². The van der Waals surface area contributed by atoms with Crippen LogP contribution in [0.5, 0.6) is 0 Å². The van der Waals surface area contributed by atoms with Crippen LogP contribution in [0.1, 0.15) is 86.5 Å². The summed E-state index contributed by atoms with van der Waals surface area (Å²) in [5.74, 6) is 0.463. The first kappa shape index (κ1) is 23.9. The highest BCUT2D eigenvalue weighted by Crippen LogP contribution is 2.18. The monoisotopic (exact) mass is 356 g/mol. The molecule has 0 N–H and O–H groups in total. The fraction of sp³-hybridized carbons (Fsp3) is 0.905. The van der Waals surface area contributed by atoms with E-state index >= 15 is 0 Å². The Balaban J connectivity index is 4.11. The van der Waals surface area contributed by atoms with Gasteiger partial charge in [0.1, 0.15) is 0 Å². The van der Waals surface area contributed by atoms with Crippen LogP contribution in [0.4, 0.5) is 0 Å². The van der Waals surface area contributed by atoms with E-state index in [0.717, 1.165) is 44.9 Å². The molecule has 25 heavy (non-hydrogen) atoms. The zero-order valence-corrected chi connectivity index (χ0v) is 17.3. The lowest BCUT2D eigenvalue weighted by Gasteiger charge is -2.20. The highest BCUT2D eigenvalue weighted by atomic mass is 16.5. The van der Waals surface area contributed by atoms with E-state index in [1.54, 1.807) is 0 Å². The summed E-state index contributed by atoms with van der Waals surface area (Å²) in [4.78, 5) is 24.1. The zero-order chi connectivity index (χ0) is 19.2. The largest absolute Gasteiger partial charge is 0.465 e. The van der Waals surface area contributed by atoms with E-state index in [1.807, 2.05) is 13.8 Å². The maximum absolute atomic E-state index is 12.0. The van der Waals surface area contributed by atoms with Crippen LogP contribution in [0, 0.1) is 23.7 Å². The van der Waals surface area contributed by atoms with Crippen LogP contribution in [0.3, 0.4) is 0 Å². The second kappa shape index (κ2) is 14.1. The average Bonchev–Trinajstić information content (AvgIpc) is 2.60. The minimum absolute atomic E-state index is 0.0279. The van der Waals surface area contributed by atoms with Gasteiger partial charge in [-0.25, -0.2) is 0 Å². The molecule has 0 aliphatic carbocycles. The van der Waals surface area contributed by atoms with Gasteiger partial charge in [-0.15, -0.1) is 0 Å². The van der Waals surface area contributed by atoms with Crippen molar-refractivity contribution in [2.75, 3.05) is 13.2 Å². The van der Waals surface area contributed by atoms with Gasteiger partial charge >= 0.3 is 11.9 Å². The van der Waals surface area contributed by atoms with Gasteiger partial charge in [-0.1, -0.05) is 54.4 Å².